The van der Waals surface area contributed by atoms with Crippen molar-refractivity contribution >= 4 is 15.7 Å². The van der Waals surface area contributed by atoms with Gasteiger partial charge in [0.2, 0.25) is 0 Å². The number of carbonyl (C=O) groups excluding carboxylic acids is 1. The molecule has 2 aromatic rings. The number of nitrogens with one attached hydrogen (secondary N) is 1. The number of carbonyl (C=O) groups is 1. The molecule has 4 rings (SSSR count). The van der Waals surface area contributed by atoms with Crippen LogP contribution in [0.15, 0.2) is 47.4 Å². The molecular formula is C30H39F3N2O4S. The Kier molecular flexibility index (Phi) is 9.31. The summed E-state index contributed by atoms with van der Waals surface area (Å²) in [6.07, 6.45) is -2.59. The molecule has 1 fully saturated rings. The molecule has 40 heavy (non-hydrogen) atoms. The highest BCUT2D eigenvalue weighted by Gasteiger charge is 2.42. The lowest BCUT2D eigenvalue weighted by molar-refractivity contribution is -0.184. The van der Waals surface area contributed by atoms with Gasteiger partial charge in [-0.1, -0.05) is 39.0 Å². The highest BCUT2D eigenvalue weighted by atomic mass is 32.2. The normalized spacial score (nSPS) is 22.8. The molecule has 1 saturated carbocycles. The Balaban J connectivity index is 1.44. The van der Waals surface area contributed by atoms with Crippen molar-refractivity contribution in [3.8, 4) is 0 Å². The Labute approximate surface area is 234 Å². The molecule has 2 aromatic carbocycles. The maximum Gasteiger partial charge on any atom is 0.391 e. The molecule has 0 aromatic heterocycles. The second kappa shape index (κ2) is 12.2. The number of halogens is 3. The average molecular weight is 581 g/mol. The Hall–Kier alpha value is -2.43. The van der Waals surface area contributed by atoms with E-state index in [1.807, 2.05) is 12.1 Å². The zero-order valence-corrected chi connectivity index (χ0v) is 24.1. The van der Waals surface area contributed by atoms with Crippen molar-refractivity contribution in [3.63, 3.8) is 0 Å². The van der Waals surface area contributed by atoms with Gasteiger partial charge in [-0.15, -0.1) is 0 Å². The molecule has 0 radical (unpaired) electrons. The standard InChI is InChI=1S/C30H39F3N2O4S/c1-4-40(38,39)25-12-7-21(8-13-25)27(18-36)34-29(37)22-9-14-26-23(15-22)17-35(28(26)19(2)3)16-20-5-10-24(11-6-20)30(31,32)33/h7-9,12-15,19-20,24,27-28,36H,4-6,10-11,16-18H2,1-3H3,(H,34,37)/t20-,24-,27-,28+/m1/s1. The van der Waals surface area contributed by atoms with Crippen LogP contribution in [0.2, 0.25) is 0 Å². The molecular weight excluding hydrogens is 541 g/mol. The van der Waals surface area contributed by atoms with Crippen LogP contribution in [0.5, 0.6) is 0 Å². The smallest absolute Gasteiger partial charge is 0.391 e. The minimum Gasteiger partial charge on any atom is -0.394 e. The van der Waals surface area contributed by atoms with Gasteiger partial charge in [0.1, 0.15) is 0 Å². The maximum atomic E-state index is 13.2. The lowest BCUT2D eigenvalue weighted by atomic mass is 9.81. The minimum atomic E-state index is -4.11. The summed E-state index contributed by atoms with van der Waals surface area (Å²) in [6, 6.07) is 11.2. The number of aliphatic hydroxyl groups is 1. The van der Waals surface area contributed by atoms with E-state index in [-0.39, 0.29) is 48.0 Å². The van der Waals surface area contributed by atoms with Crippen LogP contribution in [0.4, 0.5) is 13.2 Å². The second-order valence-electron chi connectivity index (χ2n) is 11.5. The molecule has 1 aliphatic carbocycles. The van der Waals surface area contributed by atoms with Crippen LogP contribution in [0, 0.1) is 17.8 Å². The molecule has 220 valence electrons. The number of sulfone groups is 1. The fourth-order valence-electron chi connectivity index (χ4n) is 6.20. The van der Waals surface area contributed by atoms with Gasteiger partial charge in [-0.3, -0.25) is 9.69 Å². The van der Waals surface area contributed by atoms with Gasteiger partial charge in [-0.05, 0) is 78.5 Å². The topological polar surface area (TPSA) is 86.7 Å². The number of fused-ring (bicyclic) bond motifs is 1. The summed E-state index contributed by atoms with van der Waals surface area (Å²) in [6.45, 7) is 6.86. The van der Waals surface area contributed by atoms with Crippen LogP contribution in [0.25, 0.3) is 0 Å². The number of alkyl halides is 3. The van der Waals surface area contributed by atoms with Gasteiger partial charge in [0.25, 0.3) is 5.91 Å². The molecule has 0 bridgehead atoms. The maximum absolute atomic E-state index is 13.2. The van der Waals surface area contributed by atoms with Crippen molar-refractivity contribution in [3.05, 3.63) is 64.7 Å². The largest absolute Gasteiger partial charge is 0.394 e. The highest BCUT2D eigenvalue weighted by Crippen LogP contribution is 2.43. The predicted octanol–water partition coefficient (Wildman–Crippen LogP) is 5.83. The predicted molar refractivity (Wildman–Crippen MR) is 147 cm³/mol. The van der Waals surface area contributed by atoms with Gasteiger partial charge < -0.3 is 10.4 Å². The number of hydrogen-bond donors (Lipinski definition) is 2. The summed E-state index contributed by atoms with van der Waals surface area (Å²) >= 11 is 0. The van der Waals surface area contributed by atoms with Gasteiger partial charge in [-0.2, -0.15) is 13.2 Å². The number of hydrogen-bond acceptors (Lipinski definition) is 5. The summed E-state index contributed by atoms with van der Waals surface area (Å²) in [4.78, 5) is 15.7. The van der Waals surface area contributed by atoms with E-state index in [2.05, 4.69) is 24.1 Å². The van der Waals surface area contributed by atoms with Gasteiger partial charge in [0, 0.05) is 24.7 Å². The summed E-state index contributed by atoms with van der Waals surface area (Å²) in [5, 5.41) is 12.8. The van der Waals surface area contributed by atoms with Crippen LogP contribution >= 0.6 is 0 Å². The SMILES string of the molecule is CCS(=O)(=O)c1ccc([C@@H](CO)NC(=O)c2ccc3c(c2)CN(C[C@H]2CC[C@H](C(F)(F)F)CC2)[C@H]3C(C)C)cc1. The Bertz CT molecular complexity index is 1290. The van der Waals surface area contributed by atoms with E-state index in [9.17, 15) is 31.5 Å². The first kappa shape index (κ1) is 30.5. The Morgan fingerprint density at radius 3 is 2.27 bits per heavy atom. The van der Waals surface area contributed by atoms with Crippen molar-refractivity contribution < 1.29 is 31.5 Å². The molecule has 2 N–H and O–H groups in total. The third kappa shape index (κ3) is 6.71. The molecule has 0 spiro atoms. The zero-order valence-electron chi connectivity index (χ0n) is 23.2. The fourth-order valence-corrected chi connectivity index (χ4v) is 7.08. The van der Waals surface area contributed by atoms with Crippen LogP contribution < -0.4 is 5.32 Å². The summed E-state index contributed by atoms with van der Waals surface area (Å²) in [7, 11) is -3.35. The first-order chi connectivity index (χ1) is 18.8. The number of rotatable bonds is 9. The lowest BCUT2D eigenvalue weighted by Crippen LogP contribution is -2.34. The molecule has 6 nitrogen and oxygen atoms in total. The Morgan fingerprint density at radius 2 is 1.73 bits per heavy atom. The van der Waals surface area contributed by atoms with E-state index in [1.165, 1.54) is 12.1 Å². The zero-order chi connectivity index (χ0) is 29.2. The van der Waals surface area contributed by atoms with Gasteiger partial charge >= 0.3 is 6.18 Å². The van der Waals surface area contributed by atoms with Gasteiger partial charge in [0.05, 0.1) is 29.2 Å². The van der Waals surface area contributed by atoms with E-state index in [0.29, 0.717) is 36.4 Å². The van der Waals surface area contributed by atoms with E-state index < -0.39 is 28.0 Å². The quantitative estimate of drug-likeness (QED) is 0.390. The summed E-state index contributed by atoms with van der Waals surface area (Å²) in [5.41, 5.74) is 3.22. The van der Waals surface area contributed by atoms with E-state index >= 15 is 0 Å². The molecule has 1 amide bonds. The molecule has 0 saturated heterocycles. The molecule has 1 aliphatic heterocycles. The van der Waals surface area contributed by atoms with Crippen LogP contribution in [0.3, 0.4) is 0 Å². The molecule has 10 heteroatoms. The van der Waals surface area contributed by atoms with Crippen molar-refractivity contribution in [2.75, 3.05) is 18.9 Å². The van der Waals surface area contributed by atoms with Crippen molar-refractivity contribution in [1.82, 2.24) is 10.2 Å². The third-order valence-corrected chi connectivity index (χ3v) is 10.2. The molecule has 2 aliphatic rings. The van der Waals surface area contributed by atoms with Gasteiger partial charge in [-0.25, -0.2) is 8.42 Å². The highest BCUT2D eigenvalue weighted by molar-refractivity contribution is 7.91. The molecule has 2 atom stereocenters. The van der Waals surface area contributed by atoms with Gasteiger partial charge in [0.15, 0.2) is 9.84 Å². The van der Waals surface area contributed by atoms with Crippen LogP contribution in [0.1, 0.15) is 85.6 Å². The van der Waals surface area contributed by atoms with E-state index in [0.717, 1.165) is 17.7 Å². The number of aliphatic hydroxyl groups excluding tert-OH is 1. The van der Waals surface area contributed by atoms with Crippen molar-refractivity contribution in [2.24, 2.45) is 17.8 Å². The monoisotopic (exact) mass is 580 g/mol. The van der Waals surface area contributed by atoms with Crippen molar-refractivity contribution in [2.45, 2.75) is 76.2 Å². The van der Waals surface area contributed by atoms with E-state index in [4.69, 9.17) is 0 Å². The fraction of sp³-hybridized carbons (Fsp3) is 0.567. The average Bonchev–Trinajstić information content (AvgIpc) is 3.28. The third-order valence-electron chi connectivity index (χ3n) is 8.43. The summed E-state index contributed by atoms with van der Waals surface area (Å²) < 4.78 is 63.5. The lowest BCUT2D eigenvalue weighted by Gasteiger charge is -2.35. The summed E-state index contributed by atoms with van der Waals surface area (Å²) in [5.74, 6) is -1.03. The van der Waals surface area contributed by atoms with E-state index in [1.54, 1.807) is 25.1 Å². The van der Waals surface area contributed by atoms with Crippen molar-refractivity contribution in [1.29, 1.82) is 0 Å². The number of amides is 1. The second-order valence-corrected chi connectivity index (χ2v) is 13.8. The number of benzene rings is 2. The van der Waals surface area contributed by atoms with Crippen LogP contribution in [-0.4, -0.2) is 49.4 Å². The Morgan fingerprint density at radius 1 is 1.07 bits per heavy atom. The number of nitrogens with zero attached hydrogens (tertiary/aromatic N) is 1. The molecule has 1 heterocycles. The molecule has 0 unspecified atom stereocenters. The minimum absolute atomic E-state index is 0.0148. The first-order valence-corrected chi connectivity index (χ1v) is 15.7. The first-order valence-electron chi connectivity index (χ1n) is 14.0. The van der Waals surface area contributed by atoms with Crippen LogP contribution in [-0.2, 0) is 16.4 Å².